The number of hydrogen-bond acceptors (Lipinski definition) is 3. The normalized spacial score (nSPS) is 19.9. The van der Waals surface area contributed by atoms with E-state index >= 15 is 0 Å². The minimum absolute atomic E-state index is 0.0171. The van der Waals surface area contributed by atoms with Gasteiger partial charge in [0.2, 0.25) is 0 Å². The third-order valence-electron chi connectivity index (χ3n) is 4.51. The molecule has 7 heteroatoms. The van der Waals surface area contributed by atoms with Crippen molar-refractivity contribution in [3.63, 3.8) is 0 Å². The number of benzene rings is 1. The summed E-state index contributed by atoms with van der Waals surface area (Å²) in [6.45, 7) is 2.73. The topological polar surface area (TPSA) is 98.7 Å². The second-order valence-electron chi connectivity index (χ2n) is 6.17. The Morgan fingerprint density at radius 3 is 2.43 bits per heavy atom. The Labute approximate surface area is 133 Å². The maximum atomic E-state index is 12.3. The summed E-state index contributed by atoms with van der Waals surface area (Å²) in [5.74, 6) is -1.45. The number of aliphatic carboxylic acids is 1. The van der Waals surface area contributed by atoms with Crippen LogP contribution in [0.4, 0.5) is 10.5 Å². The highest BCUT2D eigenvalue weighted by Crippen LogP contribution is 2.39. The Bertz CT molecular complexity index is 654. The van der Waals surface area contributed by atoms with Crippen LogP contribution in [0.25, 0.3) is 0 Å². The highest BCUT2D eigenvalue weighted by Gasteiger charge is 2.48. The lowest BCUT2D eigenvalue weighted by molar-refractivity contribution is -0.144. The predicted molar refractivity (Wildman–Crippen MR) is 83.4 cm³/mol. The van der Waals surface area contributed by atoms with E-state index in [0.717, 1.165) is 12.8 Å². The number of amides is 3. The van der Waals surface area contributed by atoms with Gasteiger partial charge in [0.05, 0.1) is 0 Å². The van der Waals surface area contributed by atoms with E-state index in [1.807, 2.05) is 0 Å². The molecular weight excluding hydrogens is 298 g/mol. The van der Waals surface area contributed by atoms with Crippen molar-refractivity contribution in [2.45, 2.75) is 25.3 Å². The smallest absolute Gasteiger partial charge is 0.329 e. The Morgan fingerprint density at radius 2 is 1.96 bits per heavy atom. The van der Waals surface area contributed by atoms with Gasteiger partial charge in [0.25, 0.3) is 5.91 Å². The summed E-state index contributed by atoms with van der Waals surface area (Å²) < 4.78 is 0. The number of carbonyl (C=O) groups is 3. The molecule has 1 aromatic carbocycles. The minimum Gasteiger partial charge on any atom is -0.480 e. The molecule has 1 aromatic rings. The number of carboxylic acids is 1. The van der Waals surface area contributed by atoms with E-state index in [1.165, 1.54) is 0 Å². The van der Waals surface area contributed by atoms with Crippen LogP contribution in [-0.2, 0) is 4.79 Å². The number of carboxylic acid groups (broad SMARTS) is 1. The van der Waals surface area contributed by atoms with Gasteiger partial charge in [0.15, 0.2) is 0 Å². The lowest BCUT2D eigenvalue weighted by Gasteiger charge is -2.26. The average Bonchev–Trinajstić information content (AvgIpc) is 3.30. The van der Waals surface area contributed by atoms with Crippen LogP contribution in [0, 0.1) is 5.92 Å². The summed E-state index contributed by atoms with van der Waals surface area (Å²) in [5, 5.41) is 14.7. The van der Waals surface area contributed by atoms with Gasteiger partial charge in [-0.05, 0) is 49.9 Å². The summed E-state index contributed by atoms with van der Waals surface area (Å²) >= 11 is 0. The van der Waals surface area contributed by atoms with Crippen molar-refractivity contribution < 1.29 is 19.5 Å². The quantitative estimate of drug-likeness (QED) is 0.760. The van der Waals surface area contributed by atoms with Crippen molar-refractivity contribution >= 4 is 23.6 Å². The van der Waals surface area contributed by atoms with Gasteiger partial charge in [0.1, 0.15) is 5.54 Å². The number of urea groups is 1. The Morgan fingerprint density at radius 1 is 1.30 bits per heavy atom. The van der Waals surface area contributed by atoms with Crippen molar-refractivity contribution in [3.05, 3.63) is 29.8 Å². The Balaban J connectivity index is 1.72. The molecule has 1 heterocycles. The maximum absolute atomic E-state index is 12.3. The van der Waals surface area contributed by atoms with E-state index in [9.17, 15) is 19.5 Å². The molecular formula is C16H19N3O4. The molecule has 122 valence electrons. The molecule has 1 saturated heterocycles. The zero-order valence-corrected chi connectivity index (χ0v) is 12.8. The van der Waals surface area contributed by atoms with Crippen LogP contribution in [-0.4, -0.2) is 41.6 Å². The van der Waals surface area contributed by atoms with Gasteiger partial charge in [-0.15, -0.1) is 0 Å². The van der Waals surface area contributed by atoms with E-state index in [-0.39, 0.29) is 11.9 Å². The van der Waals surface area contributed by atoms with E-state index in [4.69, 9.17) is 0 Å². The molecule has 0 bridgehead atoms. The summed E-state index contributed by atoms with van der Waals surface area (Å²) in [6, 6.07) is 6.43. The maximum Gasteiger partial charge on any atom is 0.329 e. The van der Waals surface area contributed by atoms with Gasteiger partial charge in [-0.2, -0.15) is 0 Å². The molecule has 3 amide bonds. The van der Waals surface area contributed by atoms with Gasteiger partial charge in [-0.1, -0.05) is 0 Å². The average molecular weight is 317 g/mol. The van der Waals surface area contributed by atoms with E-state index < -0.39 is 17.4 Å². The summed E-state index contributed by atoms with van der Waals surface area (Å²) in [6.07, 6.45) is 1.62. The number of rotatable bonds is 5. The fourth-order valence-electron chi connectivity index (χ4n) is 2.81. The molecule has 1 aliphatic carbocycles. The monoisotopic (exact) mass is 317 g/mol. The van der Waals surface area contributed by atoms with E-state index in [2.05, 4.69) is 10.6 Å². The molecule has 23 heavy (non-hydrogen) atoms. The van der Waals surface area contributed by atoms with E-state index in [0.29, 0.717) is 24.3 Å². The van der Waals surface area contributed by atoms with Crippen molar-refractivity contribution in [1.82, 2.24) is 10.6 Å². The number of nitrogens with one attached hydrogen (secondary N) is 2. The largest absolute Gasteiger partial charge is 0.480 e. The fraction of sp³-hybridized carbons (Fsp3) is 0.438. The van der Waals surface area contributed by atoms with Crippen molar-refractivity contribution in [2.24, 2.45) is 5.92 Å². The third-order valence-corrected chi connectivity index (χ3v) is 4.51. The van der Waals surface area contributed by atoms with Crippen LogP contribution >= 0.6 is 0 Å². The van der Waals surface area contributed by atoms with Crippen LogP contribution in [0.1, 0.15) is 30.1 Å². The molecule has 3 N–H and O–H groups in total. The Kier molecular flexibility index (Phi) is 3.71. The van der Waals surface area contributed by atoms with Crippen molar-refractivity contribution in [1.29, 1.82) is 0 Å². The molecule has 7 nitrogen and oxygen atoms in total. The fourth-order valence-corrected chi connectivity index (χ4v) is 2.81. The van der Waals surface area contributed by atoms with Crippen LogP contribution in [0.3, 0.4) is 0 Å². The lowest BCUT2D eigenvalue weighted by atomic mass is 9.95. The predicted octanol–water partition coefficient (Wildman–Crippen LogP) is 1.20. The second kappa shape index (κ2) is 5.57. The molecule has 0 aromatic heterocycles. The van der Waals surface area contributed by atoms with E-state index in [1.54, 1.807) is 36.1 Å². The summed E-state index contributed by atoms with van der Waals surface area (Å²) in [5.41, 5.74) is -0.147. The summed E-state index contributed by atoms with van der Waals surface area (Å²) in [4.78, 5) is 37.0. The molecule has 1 saturated carbocycles. The highest BCUT2D eigenvalue weighted by molar-refractivity contribution is 5.99. The molecule has 1 atom stereocenters. The van der Waals surface area contributed by atoms with Gasteiger partial charge in [-0.25, -0.2) is 9.59 Å². The Hall–Kier alpha value is -2.57. The number of carbonyl (C=O) groups excluding carboxylic acids is 2. The molecule has 1 aliphatic heterocycles. The van der Waals surface area contributed by atoms with Crippen LogP contribution in [0.5, 0.6) is 0 Å². The van der Waals surface area contributed by atoms with Gasteiger partial charge in [-0.3, -0.25) is 9.69 Å². The second-order valence-corrected chi connectivity index (χ2v) is 6.17. The first-order valence-electron chi connectivity index (χ1n) is 7.63. The van der Waals surface area contributed by atoms with Gasteiger partial charge in [0, 0.05) is 24.3 Å². The van der Waals surface area contributed by atoms with Crippen LogP contribution in [0.2, 0.25) is 0 Å². The van der Waals surface area contributed by atoms with Crippen LogP contribution in [0.15, 0.2) is 24.3 Å². The summed E-state index contributed by atoms with van der Waals surface area (Å²) in [7, 11) is 0. The molecule has 0 spiro atoms. The molecule has 2 aliphatic rings. The van der Waals surface area contributed by atoms with Crippen molar-refractivity contribution in [2.75, 3.05) is 18.0 Å². The first kappa shape index (κ1) is 15.3. The molecule has 0 radical (unpaired) electrons. The first-order chi connectivity index (χ1) is 10.9. The molecule has 1 unspecified atom stereocenters. The zero-order valence-electron chi connectivity index (χ0n) is 12.8. The van der Waals surface area contributed by atoms with Gasteiger partial charge < -0.3 is 15.7 Å². The SMILES string of the molecule is CC(NC(=O)c1ccc(N2CCNC2=O)cc1)(C(=O)O)C1CC1. The third kappa shape index (κ3) is 2.86. The highest BCUT2D eigenvalue weighted by atomic mass is 16.4. The minimum atomic E-state index is -1.23. The standard InChI is InChI=1S/C16H19N3O4/c1-16(14(21)22,11-4-5-11)18-13(20)10-2-6-12(7-3-10)19-9-8-17-15(19)23/h2-3,6-7,11H,4-5,8-9H2,1H3,(H,17,23)(H,18,20)(H,21,22). The number of nitrogens with zero attached hydrogens (tertiary/aromatic N) is 1. The van der Waals surface area contributed by atoms with Crippen LogP contribution < -0.4 is 15.5 Å². The number of anilines is 1. The first-order valence-corrected chi connectivity index (χ1v) is 7.63. The number of hydrogen-bond donors (Lipinski definition) is 3. The molecule has 3 rings (SSSR count). The van der Waals surface area contributed by atoms with Gasteiger partial charge >= 0.3 is 12.0 Å². The van der Waals surface area contributed by atoms with Crippen molar-refractivity contribution in [3.8, 4) is 0 Å². The zero-order chi connectivity index (χ0) is 16.6. The molecule has 2 fully saturated rings. The lowest BCUT2D eigenvalue weighted by Crippen LogP contribution is -2.54.